The van der Waals surface area contributed by atoms with Gasteiger partial charge >= 0.3 is 0 Å². The topological polar surface area (TPSA) is 29.9 Å². The van der Waals surface area contributed by atoms with Crippen LogP contribution < -0.4 is 5.32 Å². The normalized spacial score (nSPS) is 19.5. The summed E-state index contributed by atoms with van der Waals surface area (Å²) in [5, 5.41) is 8.04. The summed E-state index contributed by atoms with van der Waals surface area (Å²) in [6.45, 7) is 5.32. The zero-order valence-corrected chi connectivity index (χ0v) is 11.4. The molecule has 2 rings (SSSR count). The summed E-state index contributed by atoms with van der Waals surface area (Å²) in [6.07, 6.45) is 7.07. The fraction of sp³-hybridized carbons (Fsp3) is 0.786. The fourth-order valence-electron chi connectivity index (χ4n) is 2.90. The Balaban J connectivity index is 1.82. The van der Waals surface area contributed by atoms with Gasteiger partial charge in [-0.05, 0) is 38.7 Å². The zero-order valence-electron chi connectivity index (χ0n) is 11.4. The van der Waals surface area contributed by atoms with E-state index in [1.807, 2.05) is 18.7 Å². The second kappa shape index (κ2) is 5.67. The van der Waals surface area contributed by atoms with E-state index in [-0.39, 0.29) is 0 Å². The Morgan fingerprint density at radius 3 is 2.71 bits per heavy atom. The van der Waals surface area contributed by atoms with E-state index < -0.39 is 0 Å². The van der Waals surface area contributed by atoms with E-state index in [0.717, 1.165) is 18.2 Å². The van der Waals surface area contributed by atoms with E-state index >= 15 is 0 Å². The van der Waals surface area contributed by atoms with E-state index in [0.29, 0.717) is 6.04 Å². The van der Waals surface area contributed by atoms with Gasteiger partial charge in [0.15, 0.2) is 0 Å². The molecule has 17 heavy (non-hydrogen) atoms. The van der Waals surface area contributed by atoms with Gasteiger partial charge in [0.05, 0.1) is 11.4 Å². The predicted molar refractivity (Wildman–Crippen MR) is 70.8 cm³/mol. The molecule has 0 aliphatic heterocycles. The van der Waals surface area contributed by atoms with Gasteiger partial charge in [-0.2, -0.15) is 5.10 Å². The summed E-state index contributed by atoms with van der Waals surface area (Å²) in [6, 6.07) is 2.80. The lowest BCUT2D eigenvalue weighted by atomic mass is 9.84. The number of nitrogens with one attached hydrogen (secondary N) is 1. The molecule has 0 unspecified atom stereocenters. The third-order valence-electron chi connectivity index (χ3n) is 4.06. The Kier molecular flexibility index (Phi) is 4.21. The molecule has 3 heteroatoms. The third kappa shape index (κ3) is 3.32. The maximum absolute atomic E-state index is 4.38. The van der Waals surface area contributed by atoms with Crippen molar-refractivity contribution < 1.29 is 0 Å². The van der Waals surface area contributed by atoms with Crippen molar-refractivity contribution in [1.29, 1.82) is 0 Å². The minimum absolute atomic E-state index is 0.630. The van der Waals surface area contributed by atoms with E-state index in [2.05, 4.69) is 23.4 Å². The van der Waals surface area contributed by atoms with Crippen LogP contribution in [0, 0.1) is 12.8 Å². The van der Waals surface area contributed by atoms with Gasteiger partial charge in [-0.1, -0.05) is 19.3 Å². The highest BCUT2D eigenvalue weighted by Gasteiger charge is 2.19. The number of rotatable bonds is 4. The molecular formula is C14H25N3. The molecule has 1 fully saturated rings. The molecule has 1 heterocycles. The molecular weight excluding hydrogens is 210 g/mol. The Bertz CT molecular complexity index is 350. The molecule has 0 radical (unpaired) electrons. The molecule has 1 atom stereocenters. The van der Waals surface area contributed by atoms with Gasteiger partial charge in [0.1, 0.15) is 0 Å². The van der Waals surface area contributed by atoms with Crippen molar-refractivity contribution in [2.75, 3.05) is 0 Å². The lowest BCUT2D eigenvalue weighted by molar-refractivity contribution is 0.279. The summed E-state index contributed by atoms with van der Waals surface area (Å²) < 4.78 is 1.98. The van der Waals surface area contributed by atoms with Crippen molar-refractivity contribution in [3.8, 4) is 0 Å². The van der Waals surface area contributed by atoms with Crippen molar-refractivity contribution in [3.05, 3.63) is 17.5 Å². The second-order valence-electron chi connectivity index (χ2n) is 5.47. The lowest BCUT2D eigenvalue weighted by Gasteiger charge is -2.28. The second-order valence-corrected chi connectivity index (χ2v) is 5.47. The van der Waals surface area contributed by atoms with E-state index in [1.165, 1.54) is 37.8 Å². The molecule has 1 saturated carbocycles. The minimum atomic E-state index is 0.630. The Morgan fingerprint density at radius 2 is 2.12 bits per heavy atom. The van der Waals surface area contributed by atoms with Crippen LogP contribution in [0.3, 0.4) is 0 Å². The fourth-order valence-corrected chi connectivity index (χ4v) is 2.90. The standard InChI is InChI=1S/C14H25N3/c1-11-9-14(17(3)16-11)10-15-12(2)13-7-5-4-6-8-13/h9,12-13,15H,4-8,10H2,1-3H3/t12-/m1/s1. The Morgan fingerprint density at radius 1 is 1.41 bits per heavy atom. The van der Waals surface area contributed by atoms with Crippen LogP contribution in [0.15, 0.2) is 6.07 Å². The van der Waals surface area contributed by atoms with Crippen LogP contribution in [0.25, 0.3) is 0 Å². The van der Waals surface area contributed by atoms with Crippen molar-refractivity contribution >= 4 is 0 Å². The van der Waals surface area contributed by atoms with E-state index in [1.54, 1.807) is 0 Å². The average Bonchev–Trinajstić information content (AvgIpc) is 2.66. The molecule has 0 saturated heterocycles. The van der Waals surface area contributed by atoms with Crippen molar-refractivity contribution in [2.24, 2.45) is 13.0 Å². The average molecular weight is 235 g/mol. The maximum Gasteiger partial charge on any atom is 0.0597 e. The van der Waals surface area contributed by atoms with E-state index in [4.69, 9.17) is 0 Å². The van der Waals surface area contributed by atoms with Crippen LogP contribution in [0.2, 0.25) is 0 Å². The van der Waals surface area contributed by atoms with Crippen LogP contribution in [-0.2, 0) is 13.6 Å². The molecule has 0 bridgehead atoms. The highest BCUT2D eigenvalue weighted by molar-refractivity contribution is 5.08. The molecule has 1 N–H and O–H groups in total. The van der Waals surface area contributed by atoms with E-state index in [9.17, 15) is 0 Å². The Hall–Kier alpha value is -0.830. The van der Waals surface area contributed by atoms with Gasteiger partial charge in [0, 0.05) is 19.6 Å². The van der Waals surface area contributed by atoms with Crippen LogP contribution in [0.1, 0.15) is 50.4 Å². The highest BCUT2D eigenvalue weighted by atomic mass is 15.3. The largest absolute Gasteiger partial charge is 0.308 e. The molecule has 0 spiro atoms. The quantitative estimate of drug-likeness (QED) is 0.869. The number of hydrogen-bond donors (Lipinski definition) is 1. The first-order chi connectivity index (χ1) is 8.16. The lowest BCUT2D eigenvalue weighted by Crippen LogP contribution is -2.34. The maximum atomic E-state index is 4.38. The smallest absolute Gasteiger partial charge is 0.0597 e. The third-order valence-corrected chi connectivity index (χ3v) is 4.06. The highest BCUT2D eigenvalue weighted by Crippen LogP contribution is 2.26. The number of nitrogens with zero attached hydrogens (tertiary/aromatic N) is 2. The molecule has 1 aromatic heterocycles. The van der Waals surface area contributed by atoms with Gasteiger partial charge in [-0.15, -0.1) is 0 Å². The number of hydrogen-bond acceptors (Lipinski definition) is 2. The van der Waals surface area contributed by atoms with Crippen LogP contribution in [0.4, 0.5) is 0 Å². The van der Waals surface area contributed by atoms with Crippen LogP contribution in [-0.4, -0.2) is 15.8 Å². The SMILES string of the molecule is Cc1cc(CN[C@H](C)C2CCCCC2)n(C)n1. The molecule has 96 valence electrons. The summed E-state index contributed by atoms with van der Waals surface area (Å²) in [7, 11) is 2.02. The van der Waals surface area contributed by atoms with Gasteiger partial charge in [-0.25, -0.2) is 0 Å². The summed E-state index contributed by atoms with van der Waals surface area (Å²) >= 11 is 0. The first-order valence-electron chi connectivity index (χ1n) is 6.89. The molecule has 0 aromatic carbocycles. The first-order valence-corrected chi connectivity index (χ1v) is 6.89. The summed E-state index contributed by atoms with van der Waals surface area (Å²) in [4.78, 5) is 0. The van der Waals surface area contributed by atoms with Gasteiger partial charge in [0.25, 0.3) is 0 Å². The monoisotopic (exact) mass is 235 g/mol. The zero-order chi connectivity index (χ0) is 12.3. The first kappa shape index (κ1) is 12.6. The molecule has 1 aliphatic rings. The minimum Gasteiger partial charge on any atom is -0.308 e. The van der Waals surface area contributed by atoms with Crippen molar-refractivity contribution in [3.63, 3.8) is 0 Å². The molecule has 1 aliphatic carbocycles. The van der Waals surface area contributed by atoms with Crippen LogP contribution in [0.5, 0.6) is 0 Å². The molecule has 3 nitrogen and oxygen atoms in total. The van der Waals surface area contributed by atoms with Gasteiger partial charge in [-0.3, -0.25) is 4.68 Å². The summed E-state index contributed by atoms with van der Waals surface area (Å²) in [5.41, 5.74) is 2.39. The summed E-state index contributed by atoms with van der Waals surface area (Å²) in [5.74, 6) is 0.873. The number of aryl methyl sites for hydroxylation is 2. The van der Waals surface area contributed by atoms with Crippen LogP contribution >= 0.6 is 0 Å². The molecule has 0 amide bonds. The number of aromatic nitrogens is 2. The molecule has 1 aromatic rings. The van der Waals surface area contributed by atoms with Crippen molar-refractivity contribution in [2.45, 2.75) is 58.5 Å². The van der Waals surface area contributed by atoms with Crippen molar-refractivity contribution in [1.82, 2.24) is 15.1 Å². The van der Waals surface area contributed by atoms with Gasteiger partial charge < -0.3 is 5.32 Å². The Labute approximate surface area is 105 Å². The predicted octanol–water partition coefficient (Wildman–Crippen LogP) is 2.79. The van der Waals surface area contributed by atoms with Gasteiger partial charge in [0.2, 0.25) is 0 Å².